The lowest BCUT2D eigenvalue weighted by molar-refractivity contribution is -0.311. The molecule has 1 fully saturated rings. The van der Waals surface area contributed by atoms with Crippen molar-refractivity contribution in [3.05, 3.63) is 0 Å². The summed E-state index contributed by atoms with van der Waals surface area (Å²) in [6.45, 7) is 3.88. The molecule has 0 spiro atoms. The van der Waals surface area contributed by atoms with Crippen molar-refractivity contribution >= 4 is 17.9 Å². The summed E-state index contributed by atoms with van der Waals surface area (Å²) in [5, 5.41) is 60.1. The van der Waals surface area contributed by atoms with Crippen molar-refractivity contribution in [2.45, 2.75) is 153 Å². The molecule has 44 heavy (non-hydrogen) atoms. The molecular weight excluding hydrogens is 584 g/mol. The van der Waals surface area contributed by atoms with Crippen LogP contribution in [0.25, 0.3) is 0 Å². The van der Waals surface area contributed by atoms with Gasteiger partial charge in [-0.2, -0.15) is 0 Å². The molecular formula is C30H54O14. The second-order valence-electron chi connectivity index (χ2n) is 11.1. The number of hydrogen-bond donors (Lipinski definition) is 6. The minimum absolute atomic E-state index is 0.0354. The Bertz CT molecular complexity index is 811. The van der Waals surface area contributed by atoms with E-state index in [9.17, 15) is 39.9 Å². The van der Waals surface area contributed by atoms with Crippen LogP contribution in [0.5, 0.6) is 0 Å². The predicted molar refractivity (Wildman–Crippen MR) is 155 cm³/mol. The zero-order valence-electron chi connectivity index (χ0n) is 26.3. The van der Waals surface area contributed by atoms with Crippen LogP contribution in [0, 0.1) is 0 Å². The van der Waals surface area contributed by atoms with E-state index in [2.05, 4.69) is 0 Å². The van der Waals surface area contributed by atoms with Crippen molar-refractivity contribution < 1.29 is 68.7 Å². The van der Waals surface area contributed by atoms with E-state index < -0.39 is 92.9 Å². The highest BCUT2D eigenvalue weighted by atomic mass is 16.7. The minimum atomic E-state index is -1.94. The van der Waals surface area contributed by atoms with Gasteiger partial charge in [0.25, 0.3) is 0 Å². The Morgan fingerprint density at radius 3 is 1.68 bits per heavy atom. The Kier molecular flexibility index (Phi) is 20.6. The smallest absolute Gasteiger partial charge is 0.306 e. The number of unbranched alkanes of at least 4 members (excludes halogenated alkanes) is 6. The zero-order valence-corrected chi connectivity index (χ0v) is 26.3. The average Bonchev–Trinajstić information content (AvgIpc) is 3.00. The van der Waals surface area contributed by atoms with E-state index in [-0.39, 0.29) is 19.3 Å². The van der Waals surface area contributed by atoms with E-state index in [0.29, 0.717) is 19.3 Å². The number of rotatable bonds is 23. The van der Waals surface area contributed by atoms with Crippen LogP contribution in [-0.4, -0.2) is 123 Å². The third-order valence-corrected chi connectivity index (χ3v) is 7.27. The van der Waals surface area contributed by atoms with Gasteiger partial charge >= 0.3 is 17.9 Å². The number of hydrogen-bond acceptors (Lipinski definition) is 14. The highest BCUT2D eigenvalue weighted by Crippen LogP contribution is 2.29. The second kappa shape index (κ2) is 22.6. The number of ether oxygens (including phenoxy) is 5. The monoisotopic (exact) mass is 638 g/mol. The number of carbonyl (C=O) groups is 3. The van der Waals surface area contributed by atoms with Crippen molar-refractivity contribution in [3.63, 3.8) is 0 Å². The molecule has 14 nitrogen and oxygen atoms in total. The maximum absolute atomic E-state index is 12.7. The summed E-state index contributed by atoms with van der Waals surface area (Å²) < 4.78 is 27.9. The van der Waals surface area contributed by atoms with Gasteiger partial charge in [0.05, 0.1) is 13.2 Å². The van der Waals surface area contributed by atoms with Gasteiger partial charge in [0, 0.05) is 19.3 Å². The Morgan fingerprint density at radius 2 is 1.18 bits per heavy atom. The van der Waals surface area contributed by atoms with Crippen LogP contribution in [0.15, 0.2) is 0 Å². The lowest BCUT2D eigenvalue weighted by Gasteiger charge is -2.43. The molecule has 0 aromatic rings. The van der Waals surface area contributed by atoms with Crippen molar-refractivity contribution in [1.82, 2.24) is 0 Å². The molecule has 1 aliphatic heterocycles. The largest absolute Gasteiger partial charge is 0.463 e. The van der Waals surface area contributed by atoms with Gasteiger partial charge in [-0.25, -0.2) is 0 Å². The molecule has 1 saturated heterocycles. The average molecular weight is 639 g/mol. The molecule has 0 unspecified atom stereocenters. The fourth-order valence-corrected chi connectivity index (χ4v) is 4.52. The van der Waals surface area contributed by atoms with E-state index in [0.717, 1.165) is 38.5 Å². The number of aliphatic hydroxyl groups excluding tert-OH is 6. The quantitative estimate of drug-likeness (QED) is 0.0514. The Labute approximate surface area is 259 Å². The fraction of sp³-hybridized carbons (Fsp3) is 0.900. The maximum Gasteiger partial charge on any atom is 0.306 e. The van der Waals surface area contributed by atoms with Crippen LogP contribution in [0.3, 0.4) is 0 Å². The molecule has 0 radical (unpaired) electrons. The Morgan fingerprint density at radius 1 is 0.705 bits per heavy atom. The normalized spacial score (nSPS) is 24.6. The highest BCUT2D eigenvalue weighted by molar-refractivity contribution is 5.71. The summed E-state index contributed by atoms with van der Waals surface area (Å²) in [4.78, 5) is 37.9. The first-order valence-electron chi connectivity index (χ1n) is 15.8. The lowest BCUT2D eigenvalue weighted by atomic mass is 9.98. The first-order chi connectivity index (χ1) is 21.0. The third kappa shape index (κ3) is 14.5. The summed E-state index contributed by atoms with van der Waals surface area (Å²) in [5.74, 6) is -1.82. The molecule has 1 rings (SSSR count). The van der Waals surface area contributed by atoms with Crippen molar-refractivity contribution in [2.24, 2.45) is 0 Å². The molecule has 0 amide bonds. The SMILES string of the molecule is CCCCCC(=O)OC[C@H]1O[C@@H](OC[C@@H](O)[C@@H](O)[C@H](O)[C@H](O)CO)[C@@H](O)[C@@H](OC(=O)CCCCC)[C@@H]1OC(=O)CCCCC. The van der Waals surface area contributed by atoms with Gasteiger partial charge in [0.2, 0.25) is 0 Å². The summed E-state index contributed by atoms with van der Waals surface area (Å²) in [5.41, 5.74) is 0. The molecule has 6 N–H and O–H groups in total. The molecule has 0 bridgehead atoms. The Hall–Kier alpha value is -1.91. The molecule has 0 aliphatic carbocycles. The molecule has 1 aliphatic rings. The van der Waals surface area contributed by atoms with Crippen molar-refractivity contribution in [2.75, 3.05) is 19.8 Å². The van der Waals surface area contributed by atoms with Crippen LogP contribution in [0.2, 0.25) is 0 Å². The molecule has 1 heterocycles. The van der Waals surface area contributed by atoms with Crippen LogP contribution in [-0.2, 0) is 38.1 Å². The minimum Gasteiger partial charge on any atom is -0.463 e. The summed E-state index contributed by atoms with van der Waals surface area (Å²) >= 11 is 0. The summed E-state index contributed by atoms with van der Waals surface area (Å²) in [7, 11) is 0. The van der Waals surface area contributed by atoms with Crippen LogP contribution in [0.1, 0.15) is 97.8 Å². The number of carbonyl (C=O) groups excluding carboxylic acids is 3. The standard InChI is InChI=1S/C30H54O14/c1-4-7-10-13-22(34)40-18-21-28(43-23(35)14-11-8-5-2)29(44-24(36)15-12-9-6-3)27(39)30(42-21)41-17-20(33)26(38)25(37)19(32)16-31/h19-21,25-33,37-39H,4-18H2,1-3H3/t19-,20-,21-,25-,26-,27+,28-,29-,30-/m1/s1. The van der Waals surface area contributed by atoms with E-state index in [1.54, 1.807) is 0 Å². The van der Waals surface area contributed by atoms with Gasteiger partial charge in [-0.3, -0.25) is 14.4 Å². The van der Waals surface area contributed by atoms with Gasteiger partial charge in [-0.1, -0.05) is 59.3 Å². The zero-order chi connectivity index (χ0) is 33.1. The third-order valence-electron chi connectivity index (χ3n) is 7.27. The predicted octanol–water partition coefficient (Wildman–Crippen LogP) is 0.632. The molecule has 14 heteroatoms. The molecule has 0 aromatic carbocycles. The van der Waals surface area contributed by atoms with Gasteiger partial charge < -0.3 is 54.3 Å². The van der Waals surface area contributed by atoms with Gasteiger partial charge in [0.1, 0.15) is 43.2 Å². The van der Waals surface area contributed by atoms with Crippen LogP contribution in [0.4, 0.5) is 0 Å². The van der Waals surface area contributed by atoms with Gasteiger partial charge in [-0.15, -0.1) is 0 Å². The van der Waals surface area contributed by atoms with E-state index in [4.69, 9.17) is 28.8 Å². The van der Waals surface area contributed by atoms with Crippen LogP contribution >= 0.6 is 0 Å². The van der Waals surface area contributed by atoms with Crippen molar-refractivity contribution in [1.29, 1.82) is 0 Å². The maximum atomic E-state index is 12.7. The van der Waals surface area contributed by atoms with Crippen molar-refractivity contribution in [3.8, 4) is 0 Å². The molecule has 9 atom stereocenters. The van der Waals surface area contributed by atoms with E-state index in [1.165, 1.54) is 0 Å². The number of aliphatic hydroxyl groups is 6. The lowest BCUT2D eigenvalue weighted by Crippen LogP contribution is -2.62. The van der Waals surface area contributed by atoms with E-state index in [1.807, 2.05) is 20.8 Å². The molecule has 0 saturated carbocycles. The number of esters is 3. The second-order valence-corrected chi connectivity index (χ2v) is 11.1. The fourth-order valence-electron chi connectivity index (χ4n) is 4.52. The van der Waals surface area contributed by atoms with Crippen LogP contribution < -0.4 is 0 Å². The topological polar surface area (TPSA) is 219 Å². The van der Waals surface area contributed by atoms with Gasteiger partial charge in [0.15, 0.2) is 18.5 Å². The highest BCUT2D eigenvalue weighted by Gasteiger charge is 2.51. The first-order valence-corrected chi connectivity index (χ1v) is 15.8. The molecule has 0 aromatic heterocycles. The summed E-state index contributed by atoms with van der Waals surface area (Å²) in [6, 6.07) is 0. The first kappa shape index (κ1) is 40.1. The van der Waals surface area contributed by atoms with E-state index >= 15 is 0 Å². The Balaban J connectivity index is 3.20. The molecule has 258 valence electrons. The van der Waals surface area contributed by atoms with Gasteiger partial charge in [-0.05, 0) is 19.3 Å². The summed E-state index contributed by atoms with van der Waals surface area (Å²) in [6.07, 6.45) is -7.96.